The SMILES string of the molecule is Cc1nc2ccc(C(=O)NCC3(c4ccc(F)cc4F)CC3(C)C)cc2nc1C. The molecule has 1 amide bonds. The second kappa shape index (κ2) is 6.58. The van der Waals surface area contributed by atoms with Gasteiger partial charge in [0, 0.05) is 23.6 Å². The minimum atomic E-state index is -0.605. The van der Waals surface area contributed by atoms with Crippen LogP contribution in [0, 0.1) is 30.9 Å². The molecule has 1 fully saturated rings. The number of hydrogen-bond donors (Lipinski definition) is 1. The first-order valence-electron chi connectivity index (χ1n) is 9.62. The smallest absolute Gasteiger partial charge is 0.251 e. The number of carbonyl (C=O) groups excluding carboxylic acids is 1. The predicted molar refractivity (Wildman–Crippen MR) is 108 cm³/mol. The molecule has 4 rings (SSSR count). The number of aryl methyl sites for hydroxylation is 2. The highest BCUT2D eigenvalue weighted by Gasteiger charge is 2.62. The highest BCUT2D eigenvalue weighted by Crippen LogP contribution is 2.64. The van der Waals surface area contributed by atoms with Gasteiger partial charge in [-0.25, -0.2) is 18.7 Å². The molecule has 1 aliphatic carbocycles. The van der Waals surface area contributed by atoms with Crippen molar-refractivity contribution in [3.05, 3.63) is 70.5 Å². The van der Waals surface area contributed by atoms with Crippen LogP contribution in [0.25, 0.3) is 11.0 Å². The molecule has 1 unspecified atom stereocenters. The fourth-order valence-electron chi connectivity index (χ4n) is 4.15. The van der Waals surface area contributed by atoms with E-state index in [2.05, 4.69) is 15.3 Å². The number of nitrogens with zero attached hydrogens (tertiary/aromatic N) is 2. The number of halogens is 2. The number of hydrogen-bond acceptors (Lipinski definition) is 3. The summed E-state index contributed by atoms with van der Waals surface area (Å²) in [5.74, 6) is -1.43. The fraction of sp³-hybridized carbons (Fsp3) is 0.348. The number of fused-ring (bicyclic) bond motifs is 1. The summed E-state index contributed by atoms with van der Waals surface area (Å²) >= 11 is 0. The molecule has 4 nitrogen and oxygen atoms in total. The number of rotatable bonds is 4. The van der Waals surface area contributed by atoms with Crippen LogP contribution in [0.15, 0.2) is 36.4 Å². The quantitative estimate of drug-likeness (QED) is 0.701. The molecule has 1 aromatic heterocycles. The second-order valence-corrected chi connectivity index (χ2v) is 8.55. The van der Waals surface area contributed by atoms with Crippen LogP contribution in [0.3, 0.4) is 0 Å². The van der Waals surface area contributed by atoms with Gasteiger partial charge in [0.05, 0.1) is 22.4 Å². The molecule has 1 saturated carbocycles. The van der Waals surface area contributed by atoms with Crippen molar-refractivity contribution in [2.45, 2.75) is 39.5 Å². The van der Waals surface area contributed by atoms with Gasteiger partial charge >= 0.3 is 0 Å². The summed E-state index contributed by atoms with van der Waals surface area (Å²) in [6.07, 6.45) is 0.713. The van der Waals surface area contributed by atoms with Gasteiger partial charge in [-0.3, -0.25) is 4.79 Å². The number of benzene rings is 2. The standard InChI is InChI=1S/C23H23F2N3O/c1-13-14(2)28-20-9-15(5-8-19(20)27-13)21(29)26-12-23(11-22(23,3)4)17-7-6-16(24)10-18(17)25/h5-10H,11-12H2,1-4H3,(H,26,29). The first-order valence-corrected chi connectivity index (χ1v) is 9.62. The molecule has 0 spiro atoms. The maximum atomic E-state index is 14.5. The molecule has 1 atom stereocenters. The lowest BCUT2D eigenvalue weighted by Gasteiger charge is -2.22. The molecule has 1 heterocycles. The lowest BCUT2D eigenvalue weighted by Crippen LogP contribution is -2.35. The Morgan fingerprint density at radius 3 is 2.31 bits per heavy atom. The first-order chi connectivity index (χ1) is 13.6. The monoisotopic (exact) mass is 395 g/mol. The third-order valence-electron chi connectivity index (χ3n) is 6.25. The van der Waals surface area contributed by atoms with Gasteiger partial charge in [-0.15, -0.1) is 0 Å². The Morgan fingerprint density at radius 2 is 1.69 bits per heavy atom. The van der Waals surface area contributed by atoms with E-state index in [9.17, 15) is 13.6 Å². The summed E-state index contributed by atoms with van der Waals surface area (Å²) in [6.45, 7) is 8.11. The lowest BCUT2D eigenvalue weighted by molar-refractivity contribution is 0.0947. The van der Waals surface area contributed by atoms with E-state index >= 15 is 0 Å². The Balaban J connectivity index is 1.58. The zero-order valence-electron chi connectivity index (χ0n) is 16.9. The molecule has 2 aromatic carbocycles. The van der Waals surface area contributed by atoms with Gasteiger partial charge in [0.25, 0.3) is 5.91 Å². The molecule has 3 aromatic rings. The van der Waals surface area contributed by atoms with E-state index in [4.69, 9.17) is 0 Å². The van der Waals surface area contributed by atoms with E-state index in [1.807, 2.05) is 27.7 Å². The molecular formula is C23H23F2N3O. The van der Waals surface area contributed by atoms with Gasteiger partial charge in [-0.2, -0.15) is 0 Å². The number of amides is 1. The van der Waals surface area contributed by atoms with Crippen LogP contribution < -0.4 is 5.32 Å². The van der Waals surface area contributed by atoms with Crippen molar-refractivity contribution in [1.29, 1.82) is 0 Å². The first kappa shape index (κ1) is 19.4. The molecule has 29 heavy (non-hydrogen) atoms. The Morgan fingerprint density at radius 1 is 1.03 bits per heavy atom. The van der Waals surface area contributed by atoms with Crippen LogP contribution in [-0.4, -0.2) is 22.4 Å². The van der Waals surface area contributed by atoms with Gasteiger partial charge in [0.1, 0.15) is 11.6 Å². The van der Waals surface area contributed by atoms with Crippen LogP contribution in [0.2, 0.25) is 0 Å². The van der Waals surface area contributed by atoms with Gasteiger partial charge < -0.3 is 5.32 Å². The summed E-state index contributed by atoms with van der Waals surface area (Å²) in [7, 11) is 0. The third-order valence-corrected chi connectivity index (χ3v) is 6.25. The average Bonchev–Trinajstić information content (AvgIpc) is 3.22. The van der Waals surface area contributed by atoms with Crippen molar-refractivity contribution in [2.75, 3.05) is 6.54 Å². The Bertz CT molecular complexity index is 1140. The van der Waals surface area contributed by atoms with E-state index < -0.39 is 17.0 Å². The van der Waals surface area contributed by atoms with Gasteiger partial charge in [0.15, 0.2) is 0 Å². The van der Waals surface area contributed by atoms with Crippen molar-refractivity contribution in [3.8, 4) is 0 Å². The highest BCUT2D eigenvalue weighted by molar-refractivity contribution is 5.97. The molecule has 1 N–H and O–H groups in total. The van der Waals surface area contributed by atoms with Crippen molar-refractivity contribution in [2.24, 2.45) is 5.41 Å². The van der Waals surface area contributed by atoms with E-state index in [1.165, 1.54) is 12.1 Å². The highest BCUT2D eigenvalue weighted by atomic mass is 19.1. The lowest BCUT2D eigenvalue weighted by atomic mass is 9.87. The molecular weight excluding hydrogens is 372 g/mol. The summed E-state index contributed by atoms with van der Waals surface area (Å²) in [5, 5.41) is 2.94. The third kappa shape index (κ3) is 3.26. The summed E-state index contributed by atoms with van der Waals surface area (Å²) in [6, 6.07) is 8.86. The zero-order chi connectivity index (χ0) is 21.0. The number of aromatic nitrogens is 2. The van der Waals surface area contributed by atoms with Gasteiger partial charge in [-0.1, -0.05) is 19.9 Å². The topological polar surface area (TPSA) is 54.9 Å². The minimum absolute atomic E-state index is 0.192. The zero-order valence-corrected chi connectivity index (χ0v) is 16.9. The molecule has 0 aliphatic heterocycles. The van der Waals surface area contributed by atoms with Crippen LogP contribution in [-0.2, 0) is 5.41 Å². The molecule has 0 saturated heterocycles. The second-order valence-electron chi connectivity index (χ2n) is 8.55. The van der Waals surface area contributed by atoms with Gasteiger partial charge in [0.2, 0.25) is 0 Å². The van der Waals surface area contributed by atoms with Crippen molar-refractivity contribution in [1.82, 2.24) is 15.3 Å². The number of nitrogens with one attached hydrogen (secondary N) is 1. The number of carbonyl (C=O) groups is 1. The van der Waals surface area contributed by atoms with E-state index in [0.29, 0.717) is 23.1 Å². The summed E-state index contributed by atoms with van der Waals surface area (Å²) in [5.41, 5.74) is 3.25. The summed E-state index contributed by atoms with van der Waals surface area (Å²) in [4.78, 5) is 21.8. The van der Waals surface area contributed by atoms with E-state index in [-0.39, 0.29) is 17.9 Å². The molecule has 1 aliphatic rings. The normalized spacial score (nSPS) is 19.9. The average molecular weight is 395 g/mol. The minimum Gasteiger partial charge on any atom is -0.351 e. The van der Waals surface area contributed by atoms with E-state index in [0.717, 1.165) is 23.0 Å². The Hall–Kier alpha value is -2.89. The molecule has 0 bridgehead atoms. The van der Waals surface area contributed by atoms with Crippen molar-refractivity contribution in [3.63, 3.8) is 0 Å². The maximum absolute atomic E-state index is 14.5. The largest absolute Gasteiger partial charge is 0.351 e. The van der Waals surface area contributed by atoms with Crippen LogP contribution in [0.5, 0.6) is 0 Å². The molecule has 150 valence electrons. The molecule has 6 heteroatoms. The Labute approximate surface area is 168 Å². The maximum Gasteiger partial charge on any atom is 0.251 e. The van der Waals surface area contributed by atoms with Crippen LogP contribution in [0.4, 0.5) is 8.78 Å². The fourth-order valence-corrected chi connectivity index (χ4v) is 4.15. The van der Waals surface area contributed by atoms with E-state index in [1.54, 1.807) is 18.2 Å². The van der Waals surface area contributed by atoms with Crippen molar-refractivity contribution >= 4 is 16.9 Å². The van der Waals surface area contributed by atoms with Gasteiger partial charge in [-0.05, 0) is 55.5 Å². The van der Waals surface area contributed by atoms with Crippen molar-refractivity contribution < 1.29 is 13.6 Å². The summed E-state index contributed by atoms with van der Waals surface area (Å²) < 4.78 is 27.8. The Kier molecular flexibility index (Phi) is 4.41. The molecule has 0 radical (unpaired) electrons. The van der Waals surface area contributed by atoms with Crippen LogP contribution >= 0.6 is 0 Å². The van der Waals surface area contributed by atoms with Crippen LogP contribution in [0.1, 0.15) is 47.6 Å². The predicted octanol–water partition coefficient (Wildman–Crippen LogP) is 4.62.